The fraction of sp³-hybridized carbons (Fsp3) is 0.562. The third-order valence-electron chi connectivity index (χ3n) is 4.07. The summed E-state index contributed by atoms with van der Waals surface area (Å²) in [5.41, 5.74) is 0.475. The van der Waals surface area contributed by atoms with Crippen LogP contribution < -0.4 is 9.47 Å². The Hall–Kier alpha value is -1.27. The Bertz CT molecular complexity index is 662. The zero-order valence-electron chi connectivity index (χ0n) is 13.3. The standard InChI is InChI=1S/C16H20ClNO4S/c1-16(2)10-18(4-7-23(16)20)15(19)11-8-12(17)14-13(9-11)21-5-3-6-22-14/h8-9H,3-7,10H2,1-2H3/t23-/m1/s1. The number of halogens is 1. The van der Waals surface area contributed by atoms with Crippen LogP contribution in [0.1, 0.15) is 30.6 Å². The van der Waals surface area contributed by atoms with Gasteiger partial charge in [0.15, 0.2) is 11.5 Å². The molecule has 0 saturated carbocycles. The van der Waals surface area contributed by atoms with Gasteiger partial charge < -0.3 is 14.4 Å². The zero-order valence-corrected chi connectivity index (χ0v) is 14.8. The number of carbonyl (C=O) groups is 1. The first-order valence-corrected chi connectivity index (χ1v) is 9.35. The summed E-state index contributed by atoms with van der Waals surface area (Å²) < 4.78 is 22.8. The summed E-state index contributed by atoms with van der Waals surface area (Å²) in [6.45, 7) is 5.88. The largest absolute Gasteiger partial charge is 0.489 e. The fourth-order valence-electron chi connectivity index (χ4n) is 2.79. The maximum absolute atomic E-state index is 12.8. The normalized spacial score (nSPS) is 23.3. The van der Waals surface area contributed by atoms with E-state index in [4.69, 9.17) is 21.1 Å². The van der Waals surface area contributed by atoms with Crippen LogP contribution in [0.2, 0.25) is 5.02 Å². The molecule has 1 saturated heterocycles. The molecule has 1 aromatic carbocycles. The van der Waals surface area contributed by atoms with Crippen LogP contribution in [0.3, 0.4) is 0 Å². The summed E-state index contributed by atoms with van der Waals surface area (Å²) >= 11 is 6.26. The lowest BCUT2D eigenvalue weighted by Gasteiger charge is -2.37. The van der Waals surface area contributed by atoms with Crippen LogP contribution in [0.15, 0.2) is 12.1 Å². The van der Waals surface area contributed by atoms with Gasteiger partial charge in [-0.1, -0.05) is 11.6 Å². The van der Waals surface area contributed by atoms with E-state index in [-0.39, 0.29) is 5.91 Å². The van der Waals surface area contributed by atoms with E-state index in [9.17, 15) is 9.00 Å². The first kappa shape index (κ1) is 16.6. The number of amides is 1. The number of rotatable bonds is 1. The van der Waals surface area contributed by atoms with Crippen molar-refractivity contribution < 1.29 is 18.5 Å². The van der Waals surface area contributed by atoms with Crippen LogP contribution in [0.4, 0.5) is 0 Å². The Morgan fingerprint density at radius 3 is 2.78 bits per heavy atom. The van der Waals surface area contributed by atoms with Crippen molar-refractivity contribution >= 4 is 28.3 Å². The van der Waals surface area contributed by atoms with Gasteiger partial charge in [-0.05, 0) is 26.0 Å². The Kier molecular flexibility index (Phi) is 4.56. The molecule has 2 aliphatic heterocycles. The molecule has 1 amide bonds. The lowest BCUT2D eigenvalue weighted by molar-refractivity contribution is 0.0745. The molecule has 0 radical (unpaired) electrons. The summed E-state index contributed by atoms with van der Waals surface area (Å²) in [5.74, 6) is 1.39. The Morgan fingerprint density at radius 1 is 1.30 bits per heavy atom. The third kappa shape index (κ3) is 3.33. The number of benzene rings is 1. The van der Waals surface area contributed by atoms with Gasteiger partial charge in [0, 0.05) is 41.6 Å². The van der Waals surface area contributed by atoms with Crippen molar-refractivity contribution in [3.8, 4) is 11.5 Å². The number of hydrogen-bond donors (Lipinski definition) is 0. The Balaban J connectivity index is 1.87. The van der Waals surface area contributed by atoms with Gasteiger partial charge in [0.1, 0.15) is 0 Å². The Morgan fingerprint density at radius 2 is 2.04 bits per heavy atom. The van der Waals surface area contributed by atoms with Crippen LogP contribution >= 0.6 is 11.6 Å². The second-order valence-electron chi connectivity index (χ2n) is 6.37. The summed E-state index contributed by atoms with van der Waals surface area (Å²) in [6, 6.07) is 3.31. The van der Waals surface area contributed by atoms with Crippen LogP contribution in [0.5, 0.6) is 11.5 Å². The van der Waals surface area contributed by atoms with Crippen molar-refractivity contribution in [1.29, 1.82) is 0 Å². The second-order valence-corrected chi connectivity index (χ2v) is 8.98. The average Bonchev–Trinajstić information content (AvgIpc) is 2.75. The third-order valence-corrected chi connectivity index (χ3v) is 6.27. The van der Waals surface area contributed by atoms with Crippen LogP contribution in [-0.4, -0.2) is 51.8 Å². The molecule has 0 aliphatic carbocycles. The number of fused-ring (bicyclic) bond motifs is 1. The van der Waals surface area contributed by atoms with E-state index < -0.39 is 15.5 Å². The number of ether oxygens (including phenoxy) is 2. The van der Waals surface area contributed by atoms with Crippen molar-refractivity contribution in [2.75, 3.05) is 32.1 Å². The van der Waals surface area contributed by atoms with E-state index in [0.29, 0.717) is 54.1 Å². The van der Waals surface area contributed by atoms with E-state index in [1.54, 1.807) is 17.0 Å². The smallest absolute Gasteiger partial charge is 0.254 e. The maximum atomic E-state index is 12.8. The molecule has 0 spiro atoms. The van der Waals surface area contributed by atoms with Gasteiger partial charge >= 0.3 is 0 Å². The lowest BCUT2D eigenvalue weighted by Crippen LogP contribution is -2.52. The minimum atomic E-state index is -0.917. The highest BCUT2D eigenvalue weighted by molar-refractivity contribution is 7.86. The maximum Gasteiger partial charge on any atom is 0.254 e. The molecular formula is C16H20ClNO4S. The van der Waals surface area contributed by atoms with Gasteiger partial charge in [0.2, 0.25) is 0 Å². The molecule has 7 heteroatoms. The molecule has 2 aliphatic rings. The molecule has 2 heterocycles. The molecule has 0 aromatic heterocycles. The summed E-state index contributed by atoms with van der Waals surface area (Å²) in [6.07, 6.45) is 0.778. The van der Waals surface area contributed by atoms with Gasteiger partial charge in [-0.25, -0.2) is 0 Å². The van der Waals surface area contributed by atoms with Gasteiger partial charge in [0.25, 0.3) is 5.91 Å². The first-order valence-electron chi connectivity index (χ1n) is 7.65. The molecular weight excluding hydrogens is 338 g/mol. The topological polar surface area (TPSA) is 55.8 Å². The molecule has 1 aromatic rings. The summed E-state index contributed by atoms with van der Waals surface area (Å²) in [4.78, 5) is 14.5. The van der Waals surface area contributed by atoms with Gasteiger partial charge in [-0.2, -0.15) is 0 Å². The molecule has 23 heavy (non-hydrogen) atoms. The molecule has 3 rings (SSSR count). The lowest BCUT2D eigenvalue weighted by atomic mass is 10.1. The zero-order chi connectivity index (χ0) is 16.6. The second kappa shape index (κ2) is 6.32. The summed E-state index contributed by atoms with van der Waals surface area (Å²) in [5, 5.41) is 0.382. The van der Waals surface area contributed by atoms with Crippen LogP contribution in [-0.2, 0) is 10.8 Å². The van der Waals surface area contributed by atoms with E-state index in [0.717, 1.165) is 6.42 Å². The van der Waals surface area contributed by atoms with Crippen LogP contribution in [0, 0.1) is 0 Å². The molecule has 1 fully saturated rings. The quantitative estimate of drug-likeness (QED) is 0.774. The highest BCUT2D eigenvalue weighted by Crippen LogP contribution is 2.38. The van der Waals surface area contributed by atoms with Crippen molar-refractivity contribution in [3.05, 3.63) is 22.7 Å². The first-order chi connectivity index (χ1) is 10.9. The van der Waals surface area contributed by atoms with Gasteiger partial charge in [-0.3, -0.25) is 9.00 Å². The average molecular weight is 358 g/mol. The van der Waals surface area contributed by atoms with Crippen molar-refractivity contribution in [2.45, 2.75) is 25.0 Å². The van der Waals surface area contributed by atoms with Crippen LogP contribution in [0.25, 0.3) is 0 Å². The predicted octanol–water partition coefficient (Wildman–Crippen LogP) is 2.48. The van der Waals surface area contributed by atoms with E-state index in [1.807, 2.05) is 13.8 Å². The number of nitrogens with zero attached hydrogens (tertiary/aromatic N) is 1. The highest BCUT2D eigenvalue weighted by Gasteiger charge is 2.35. The number of carbonyl (C=O) groups excluding carboxylic acids is 1. The van der Waals surface area contributed by atoms with Crippen molar-refractivity contribution in [2.24, 2.45) is 0 Å². The summed E-state index contributed by atoms with van der Waals surface area (Å²) in [7, 11) is -0.917. The Labute approximate surface area is 143 Å². The number of hydrogen-bond acceptors (Lipinski definition) is 4. The minimum absolute atomic E-state index is 0.118. The molecule has 0 bridgehead atoms. The predicted molar refractivity (Wildman–Crippen MR) is 90.1 cm³/mol. The SMILES string of the molecule is CC1(C)CN(C(=O)c2cc(Cl)c3c(c2)OCCCO3)CC[S@]1=O. The van der Waals surface area contributed by atoms with Crippen molar-refractivity contribution in [1.82, 2.24) is 4.90 Å². The van der Waals surface area contributed by atoms with E-state index in [1.165, 1.54) is 0 Å². The van der Waals surface area contributed by atoms with Crippen molar-refractivity contribution in [3.63, 3.8) is 0 Å². The molecule has 126 valence electrons. The molecule has 0 N–H and O–H groups in total. The van der Waals surface area contributed by atoms with Gasteiger partial charge in [0.05, 0.1) is 23.0 Å². The highest BCUT2D eigenvalue weighted by atomic mass is 35.5. The monoisotopic (exact) mass is 357 g/mol. The fourth-order valence-corrected chi connectivity index (χ4v) is 4.29. The van der Waals surface area contributed by atoms with E-state index >= 15 is 0 Å². The minimum Gasteiger partial charge on any atom is -0.489 e. The molecule has 5 nitrogen and oxygen atoms in total. The van der Waals surface area contributed by atoms with E-state index in [2.05, 4.69) is 0 Å². The van der Waals surface area contributed by atoms with Gasteiger partial charge in [-0.15, -0.1) is 0 Å². The molecule has 1 atom stereocenters. The molecule has 0 unspecified atom stereocenters.